The van der Waals surface area contributed by atoms with Crippen LogP contribution in [0.1, 0.15) is 14.9 Å². The molecule has 0 saturated carbocycles. The highest BCUT2D eigenvalue weighted by Gasteiger charge is 1.22. The largest absolute Gasteiger partial charge is 0.483 e. The zero-order chi connectivity index (χ0) is 2.71. The summed E-state index contributed by atoms with van der Waals surface area (Å²) in [5.41, 5.74) is 0. The molecular formula is C3H12O3. The van der Waals surface area contributed by atoms with Crippen molar-refractivity contribution in [3.63, 3.8) is 0 Å². The van der Waals surface area contributed by atoms with Gasteiger partial charge in [-0.1, -0.05) is 14.9 Å². The summed E-state index contributed by atoms with van der Waals surface area (Å²) in [7, 11) is 0. The molecule has 0 heterocycles. The van der Waals surface area contributed by atoms with E-state index in [1.807, 2.05) is 0 Å². The zero-order valence-corrected chi connectivity index (χ0v) is 1.93. The van der Waals surface area contributed by atoms with Crippen LogP contribution in [0.3, 0.4) is 0 Å². The van der Waals surface area contributed by atoms with E-state index in [2.05, 4.69) is 0 Å². The maximum absolute atomic E-state index is 8.36. The lowest BCUT2D eigenvalue weighted by Gasteiger charge is -1.34. The van der Waals surface area contributed by atoms with Crippen LogP contribution in [0.5, 0.6) is 0 Å². The van der Waals surface area contributed by atoms with Gasteiger partial charge in [0.25, 0.3) is 6.47 Å². The lowest BCUT2D eigenvalue weighted by Crippen LogP contribution is -1.49. The Bertz CT molecular complexity index is 13.5. The second kappa shape index (κ2) is 282. The van der Waals surface area contributed by atoms with Crippen molar-refractivity contribution in [3.8, 4) is 0 Å². The Morgan fingerprint density at radius 3 is 1.33 bits per heavy atom. The lowest BCUT2D eigenvalue weighted by atomic mass is 11.7. The first-order valence-corrected chi connectivity index (χ1v) is 0.494. The van der Waals surface area contributed by atoms with Crippen LogP contribution in [0.2, 0.25) is 0 Å². The van der Waals surface area contributed by atoms with Crippen LogP contribution in [0.4, 0.5) is 0 Å². The third kappa shape index (κ3) is 62.3. The number of rotatable bonds is 0. The molecule has 0 atom stereocenters. The molecule has 0 aliphatic carbocycles. The molecule has 42 valence electrons. The van der Waals surface area contributed by atoms with E-state index in [0.29, 0.717) is 0 Å². The summed E-state index contributed by atoms with van der Waals surface area (Å²) >= 11 is 0. The van der Waals surface area contributed by atoms with Crippen LogP contribution in [0.15, 0.2) is 0 Å². The Kier molecular flexibility index (Phi) is 2450. The first kappa shape index (κ1) is 52.1. The molecule has 0 radical (unpaired) electrons. The molecule has 0 aromatic heterocycles. The summed E-state index contributed by atoms with van der Waals surface area (Å²) in [6.45, 7) is -0.250. The normalized spacial score (nSPS) is 2.00. The van der Waals surface area contributed by atoms with Crippen molar-refractivity contribution in [2.24, 2.45) is 0 Å². The quantitative estimate of drug-likeness (QED) is 0.436. The predicted octanol–water partition coefficient (Wildman–Crippen LogP) is 0.148. The summed E-state index contributed by atoms with van der Waals surface area (Å²) in [5, 5.41) is 6.89. The smallest absolute Gasteiger partial charge is 0.290 e. The maximum Gasteiger partial charge on any atom is 0.290 e. The molecule has 0 rings (SSSR count). The minimum Gasteiger partial charge on any atom is -0.483 e. The highest BCUT2D eigenvalue weighted by Crippen LogP contribution is 0.966. The van der Waals surface area contributed by atoms with Gasteiger partial charge in [-0.25, -0.2) is 0 Å². The Labute approximate surface area is 37.9 Å². The highest BCUT2D eigenvalue weighted by molar-refractivity contribution is 5.32. The molecule has 3 nitrogen and oxygen atoms in total. The van der Waals surface area contributed by atoms with E-state index < -0.39 is 0 Å². The maximum atomic E-state index is 8.36. The van der Waals surface area contributed by atoms with Crippen LogP contribution >= 0.6 is 0 Å². The van der Waals surface area contributed by atoms with E-state index in [9.17, 15) is 0 Å². The van der Waals surface area contributed by atoms with Gasteiger partial charge >= 0.3 is 0 Å². The van der Waals surface area contributed by atoms with Crippen LogP contribution < -0.4 is 0 Å². The minimum atomic E-state index is -0.250. The van der Waals surface area contributed by atoms with Gasteiger partial charge in [-0.2, -0.15) is 0 Å². The van der Waals surface area contributed by atoms with Gasteiger partial charge in [0.05, 0.1) is 0 Å². The van der Waals surface area contributed by atoms with Crippen LogP contribution in [-0.4, -0.2) is 17.1 Å². The van der Waals surface area contributed by atoms with Gasteiger partial charge in [0.15, 0.2) is 0 Å². The van der Waals surface area contributed by atoms with Crippen molar-refractivity contribution in [2.75, 3.05) is 0 Å². The van der Waals surface area contributed by atoms with E-state index in [-0.39, 0.29) is 26.8 Å². The third-order valence-corrected chi connectivity index (χ3v) is 0. The molecule has 0 aromatic carbocycles. The second-order valence-corrected chi connectivity index (χ2v) is 0.105. The summed E-state index contributed by atoms with van der Waals surface area (Å²) < 4.78 is 0. The molecule has 0 saturated heterocycles. The average Bonchev–Trinajstić information content (AvgIpc) is 0.918. The van der Waals surface area contributed by atoms with Crippen molar-refractivity contribution in [1.29, 1.82) is 0 Å². The van der Waals surface area contributed by atoms with E-state index >= 15 is 0 Å². The van der Waals surface area contributed by atoms with Gasteiger partial charge in [0.1, 0.15) is 0 Å². The molecule has 0 aliphatic heterocycles. The Morgan fingerprint density at radius 1 is 1.33 bits per heavy atom. The first-order valence-electron chi connectivity index (χ1n) is 0.494. The molecule has 0 bridgehead atoms. The molecule has 0 aliphatic rings. The summed E-state index contributed by atoms with van der Waals surface area (Å²) in [4.78, 5) is 8.36. The van der Waals surface area contributed by atoms with Crippen molar-refractivity contribution in [2.45, 2.75) is 14.9 Å². The Balaban J connectivity index is -0.00000000667. The van der Waals surface area contributed by atoms with Gasteiger partial charge in [-0.15, -0.1) is 0 Å². The third-order valence-electron chi connectivity index (χ3n) is 0. The molecule has 0 unspecified atom stereocenters. The molecule has 6 heavy (non-hydrogen) atoms. The first-order chi connectivity index (χ1) is 1.41. The van der Waals surface area contributed by atoms with Crippen LogP contribution in [0, 0.1) is 0 Å². The van der Waals surface area contributed by atoms with E-state index in [1.54, 1.807) is 0 Å². The zero-order valence-electron chi connectivity index (χ0n) is 1.93. The SMILES string of the molecule is C.C.O.O=CO. The molecular weight excluding hydrogens is 84.0 g/mol. The molecule has 0 aromatic rings. The van der Waals surface area contributed by atoms with Crippen molar-refractivity contribution >= 4 is 6.47 Å². The van der Waals surface area contributed by atoms with E-state index in [4.69, 9.17) is 9.90 Å². The molecule has 0 fully saturated rings. The van der Waals surface area contributed by atoms with Gasteiger partial charge < -0.3 is 10.6 Å². The van der Waals surface area contributed by atoms with Gasteiger partial charge in [0, 0.05) is 0 Å². The molecule has 0 spiro atoms. The van der Waals surface area contributed by atoms with Crippen molar-refractivity contribution in [3.05, 3.63) is 0 Å². The van der Waals surface area contributed by atoms with Gasteiger partial charge in [-0.05, 0) is 0 Å². The lowest BCUT2D eigenvalue weighted by molar-refractivity contribution is -0.122. The van der Waals surface area contributed by atoms with Crippen molar-refractivity contribution in [1.82, 2.24) is 0 Å². The van der Waals surface area contributed by atoms with Crippen molar-refractivity contribution < 1.29 is 15.4 Å². The summed E-state index contributed by atoms with van der Waals surface area (Å²) in [5.74, 6) is 0. The summed E-state index contributed by atoms with van der Waals surface area (Å²) in [6.07, 6.45) is 0. The number of carboxylic acid groups (broad SMARTS) is 1. The predicted molar refractivity (Wildman–Crippen MR) is 25.8 cm³/mol. The fraction of sp³-hybridized carbons (Fsp3) is 0.667. The standard InChI is InChI=1S/CH2O2.2CH4.H2O/c2-1-3;;;/h1H,(H,2,3);2*1H4;1H2. The fourth-order valence-electron chi connectivity index (χ4n) is 0. The number of hydrogen-bond donors (Lipinski definition) is 1. The van der Waals surface area contributed by atoms with Gasteiger partial charge in [-0.3, -0.25) is 4.79 Å². The molecule has 3 heteroatoms. The van der Waals surface area contributed by atoms with E-state index in [0.717, 1.165) is 0 Å². The minimum absolute atomic E-state index is 0. The second-order valence-electron chi connectivity index (χ2n) is 0.105. The monoisotopic (exact) mass is 96.1 g/mol. The van der Waals surface area contributed by atoms with Gasteiger partial charge in [0.2, 0.25) is 0 Å². The van der Waals surface area contributed by atoms with Crippen LogP contribution in [-0.2, 0) is 4.79 Å². The Morgan fingerprint density at radius 2 is 1.33 bits per heavy atom. The topological polar surface area (TPSA) is 68.8 Å². The number of carbonyl (C=O) groups is 1. The number of hydrogen-bond acceptors (Lipinski definition) is 1. The summed E-state index contributed by atoms with van der Waals surface area (Å²) in [6, 6.07) is 0. The molecule has 0 amide bonds. The average molecular weight is 96.1 g/mol. The highest BCUT2D eigenvalue weighted by atomic mass is 16.3. The van der Waals surface area contributed by atoms with E-state index in [1.165, 1.54) is 0 Å². The van der Waals surface area contributed by atoms with Crippen LogP contribution in [0.25, 0.3) is 0 Å². The fourth-order valence-corrected chi connectivity index (χ4v) is 0. The molecule has 3 N–H and O–H groups in total. The Hall–Kier alpha value is -0.570.